The molecule has 1 rings (SSSR count). The number of halogens is 1. The van der Waals surface area contributed by atoms with Gasteiger partial charge in [-0.15, -0.1) is 0 Å². The average molecular weight is 231 g/mol. The second-order valence-electron chi connectivity index (χ2n) is 3.18. The number of aliphatic hydroxyl groups is 1. The van der Waals surface area contributed by atoms with E-state index in [-0.39, 0.29) is 12.5 Å². The monoisotopic (exact) mass is 230 g/mol. The van der Waals surface area contributed by atoms with E-state index in [4.69, 9.17) is 11.6 Å². The van der Waals surface area contributed by atoms with Crippen molar-refractivity contribution in [2.24, 2.45) is 0 Å². The maximum atomic E-state index is 9.26. The Balaban J connectivity index is 2.73. The highest BCUT2D eigenvalue weighted by Gasteiger charge is 2.12. The third-order valence-corrected chi connectivity index (χ3v) is 3.22. The molecule has 0 bridgehead atoms. The average Bonchev–Trinajstić information content (AvgIpc) is 2.21. The predicted octanol–water partition coefficient (Wildman–Crippen LogP) is 3.17. The van der Waals surface area contributed by atoms with Crippen LogP contribution in [0.4, 0.5) is 0 Å². The molecule has 0 fully saturated rings. The van der Waals surface area contributed by atoms with Gasteiger partial charge in [-0.25, -0.2) is 0 Å². The molecule has 1 aromatic carbocycles. The standard InChI is InChI=1S/C11H15ClOS/c1-14-7-6-9(8-13)10-4-2-3-5-11(10)12/h2-5,9,13H,6-8H2,1H3. The molecule has 0 aliphatic carbocycles. The first-order valence-corrected chi connectivity index (χ1v) is 6.41. The SMILES string of the molecule is CSCCC(CO)c1ccccc1Cl. The Labute approximate surface area is 94.5 Å². The van der Waals surface area contributed by atoms with Crippen LogP contribution in [-0.2, 0) is 0 Å². The van der Waals surface area contributed by atoms with E-state index in [2.05, 4.69) is 6.26 Å². The Bertz CT molecular complexity index is 278. The summed E-state index contributed by atoms with van der Waals surface area (Å²) in [5.74, 6) is 1.23. The molecule has 78 valence electrons. The van der Waals surface area contributed by atoms with Crippen LogP contribution in [0.3, 0.4) is 0 Å². The van der Waals surface area contributed by atoms with Gasteiger partial charge in [-0.3, -0.25) is 0 Å². The van der Waals surface area contributed by atoms with Crippen LogP contribution >= 0.6 is 23.4 Å². The zero-order valence-electron chi connectivity index (χ0n) is 8.24. The molecule has 0 aliphatic heterocycles. The first-order chi connectivity index (χ1) is 6.79. The lowest BCUT2D eigenvalue weighted by Crippen LogP contribution is -2.05. The van der Waals surface area contributed by atoms with Gasteiger partial charge in [0.1, 0.15) is 0 Å². The summed E-state index contributed by atoms with van der Waals surface area (Å²) in [4.78, 5) is 0. The third-order valence-electron chi connectivity index (χ3n) is 2.24. The lowest BCUT2D eigenvalue weighted by atomic mass is 9.97. The van der Waals surface area contributed by atoms with E-state index in [1.165, 1.54) is 0 Å². The fourth-order valence-corrected chi connectivity index (χ4v) is 2.22. The molecule has 0 saturated carbocycles. The van der Waals surface area contributed by atoms with Crippen molar-refractivity contribution in [1.82, 2.24) is 0 Å². The summed E-state index contributed by atoms with van der Waals surface area (Å²) in [5.41, 5.74) is 1.06. The Kier molecular flexibility index (Phi) is 5.38. The molecule has 0 aromatic heterocycles. The van der Waals surface area contributed by atoms with Crippen molar-refractivity contribution >= 4 is 23.4 Å². The zero-order valence-corrected chi connectivity index (χ0v) is 9.81. The molecule has 0 heterocycles. The van der Waals surface area contributed by atoms with Crippen molar-refractivity contribution in [3.05, 3.63) is 34.9 Å². The van der Waals surface area contributed by atoms with Crippen LogP contribution in [0.15, 0.2) is 24.3 Å². The Hall–Kier alpha value is -0.180. The molecule has 1 N–H and O–H groups in total. The molecule has 1 nitrogen and oxygen atoms in total. The summed E-state index contributed by atoms with van der Waals surface area (Å²) in [6, 6.07) is 7.74. The summed E-state index contributed by atoms with van der Waals surface area (Å²) < 4.78 is 0. The van der Waals surface area contributed by atoms with E-state index in [0.717, 1.165) is 22.8 Å². The van der Waals surface area contributed by atoms with E-state index in [1.807, 2.05) is 24.3 Å². The van der Waals surface area contributed by atoms with Gasteiger partial charge < -0.3 is 5.11 Å². The van der Waals surface area contributed by atoms with Crippen molar-refractivity contribution in [3.8, 4) is 0 Å². The van der Waals surface area contributed by atoms with E-state index in [1.54, 1.807) is 11.8 Å². The highest BCUT2D eigenvalue weighted by atomic mass is 35.5. The minimum atomic E-state index is 0.171. The molecular formula is C11H15ClOS. The van der Waals surface area contributed by atoms with Gasteiger partial charge in [-0.05, 0) is 30.1 Å². The summed E-state index contributed by atoms with van der Waals surface area (Å²) in [6.45, 7) is 0.171. The number of aliphatic hydroxyl groups excluding tert-OH is 1. The van der Waals surface area contributed by atoms with Gasteiger partial charge in [0, 0.05) is 10.9 Å². The van der Waals surface area contributed by atoms with Crippen LogP contribution in [0.1, 0.15) is 17.9 Å². The fourth-order valence-electron chi connectivity index (χ4n) is 1.41. The lowest BCUT2D eigenvalue weighted by molar-refractivity contribution is 0.263. The third kappa shape index (κ3) is 3.19. The minimum Gasteiger partial charge on any atom is -0.396 e. The molecule has 0 spiro atoms. The molecular weight excluding hydrogens is 216 g/mol. The number of hydrogen-bond donors (Lipinski definition) is 1. The first-order valence-electron chi connectivity index (χ1n) is 4.63. The largest absolute Gasteiger partial charge is 0.396 e. The molecule has 14 heavy (non-hydrogen) atoms. The summed E-state index contributed by atoms with van der Waals surface area (Å²) in [7, 11) is 0. The Morgan fingerprint density at radius 1 is 1.43 bits per heavy atom. The molecule has 0 amide bonds. The molecule has 1 unspecified atom stereocenters. The maximum Gasteiger partial charge on any atom is 0.0500 e. The number of rotatable bonds is 5. The van der Waals surface area contributed by atoms with E-state index in [9.17, 15) is 5.11 Å². The van der Waals surface area contributed by atoms with Crippen LogP contribution in [0.5, 0.6) is 0 Å². The van der Waals surface area contributed by atoms with Crippen molar-refractivity contribution in [1.29, 1.82) is 0 Å². The zero-order chi connectivity index (χ0) is 10.4. The summed E-state index contributed by atoms with van der Waals surface area (Å²) >= 11 is 7.85. The normalized spacial score (nSPS) is 12.8. The van der Waals surface area contributed by atoms with Gasteiger partial charge in [0.25, 0.3) is 0 Å². The van der Waals surface area contributed by atoms with E-state index >= 15 is 0 Å². The van der Waals surface area contributed by atoms with Gasteiger partial charge in [0.15, 0.2) is 0 Å². The van der Waals surface area contributed by atoms with Crippen molar-refractivity contribution in [3.63, 3.8) is 0 Å². The quantitative estimate of drug-likeness (QED) is 0.839. The fraction of sp³-hybridized carbons (Fsp3) is 0.455. The van der Waals surface area contributed by atoms with Gasteiger partial charge in [0.2, 0.25) is 0 Å². The smallest absolute Gasteiger partial charge is 0.0500 e. The number of hydrogen-bond acceptors (Lipinski definition) is 2. The molecule has 3 heteroatoms. The second-order valence-corrected chi connectivity index (χ2v) is 4.58. The predicted molar refractivity (Wildman–Crippen MR) is 64.3 cm³/mol. The lowest BCUT2D eigenvalue weighted by Gasteiger charge is -2.15. The number of benzene rings is 1. The molecule has 1 atom stereocenters. The van der Waals surface area contributed by atoms with Crippen molar-refractivity contribution in [2.75, 3.05) is 18.6 Å². The van der Waals surface area contributed by atoms with Crippen LogP contribution < -0.4 is 0 Å². The summed E-state index contributed by atoms with van der Waals surface area (Å²) in [6.07, 6.45) is 3.04. The van der Waals surface area contributed by atoms with Crippen molar-refractivity contribution < 1.29 is 5.11 Å². The van der Waals surface area contributed by atoms with E-state index in [0.29, 0.717) is 0 Å². The topological polar surface area (TPSA) is 20.2 Å². The molecule has 0 saturated heterocycles. The van der Waals surface area contributed by atoms with Crippen LogP contribution in [0, 0.1) is 0 Å². The Morgan fingerprint density at radius 3 is 2.71 bits per heavy atom. The van der Waals surface area contributed by atoms with Gasteiger partial charge >= 0.3 is 0 Å². The van der Waals surface area contributed by atoms with Gasteiger partial charge in [-0.1, -0.05) is 29.8 Å². The van der Waals surface area contributed by atoms with E-state index < -0.39 is 0 Å². The molecule has 1 aromatic rings. The first kappa shape index (κ1) is 11.9. The summed E-state index contributed by atoms with van der Waals surface area (Å²) in [5, 5.41) is 10.0. The second kappa shape index (κ2) is 6.33. The van der Waals surface area contributed by atoms with Crippen LogP contribution in [0.2, 0.25) is 5.02 Å². The highest BCUT2D eigenvalue weighted by molar-refractivity contribution is 7.98. The Morgan fingerprint density at radius 2 is 2.14 bits per heavy atom. The molecule has 0 radical (unpaired) electrons. The van der Waals surface area contributed by atoms with Crippen LogP contribution in [0.25, 0.3) is 0 Å². The maximum absolute atomic E-state index is 9.26. The number of thioether (sulfide) groups is 1. The minimum absolute atomic E-state index is 0.171. The van der Waals surface area contributed by atoms with Crippen LogP contribution in [-0.4, -0.2) is 23.7 Å². The highest BCUT2D eigenvalue weighted by Crippen LogP contribution is 2.27. The van der Waals surface area contributed by atoms with Gasteiger partial charge in [-0.2, -0.15) is 11.8 Å². The van der Waals surface area contributed by atoms with Crippen molar-refractivity contribution in [2.45, 2.75) is 12.3 Å². The molecule has 0 aliphatic rings. The van der Waals surface area contributed by atoms with Gasteiger partial charge in [0.05, 0.1) is 6.61 Å².